The Balaban J connectivity index is 1.91. The summed E-state index contributed by atoms with van der Waals surface area (Å²) >= 11 is 0. The Kier molecular flexibility index (Phi) is 2.66. The smallest absolute Gasteiger partial charge is 0.261 e. The van der Waals surface area contributed by atoms with Crippen LogP contribution in [0.25, 0.3) is 11.5 Å². The summed E-state index contributed by atoms with van der Waals surface area (Å²) in [5, 5.41) is 13.9. The van der Waals surface area contributed by atoms with E-state index in [9.17, 15) is 5.11 Å². The summed E-state index contributed by atoms with van der Waals surface area (Å²) in [7, 11) is 1.55. The van der Waals surface area contributed by atoms with Crippen LogP contribution in [0.15, 0.2) is 22.7 Å². The maximum Gasteiger partial charge on any atom is 0.261 e. The second-order valence-electron chi connectivity index (χ2n) is 4.47. The van der Waals surface area contributed by atoms with Crippen LogP contribution in [-0.4, -0.2) is 22.4 Å². The molecular weight excluding hydrogens is 232 g/mol. The number of aromatic hydroxyl groups is 1. The summed E-state index contributed by atoms with van der Waals surface area (Å²) in [6, 6.07) is 5.00. The van der Waals surface area contributed by atoms with Gasteiger partial charge in [0.15, 0.2) is 5.82 Å². The topological polar surface area (TPSA) is 68.4 Å². The largest absolute Gasteiger partial charge is 0.507 e. The van der Waals surface area contributed by atoms with Crippen LogP contribution < -0.4 is 4.74 Å². The molecule has 0 unspecified atom stereocenters. The van der Waals surface area contributed by atoms with E-state index in [1.807, 2.05) is 0 Å². The Morgan fingerprint density at radius 3 is 2.83 bits per heavy atom. The van der Waals surface area contributed by atoms with Crippen LogP contribution in [0.4, 0.5) is 0 Å². The molecule has 0 amide bonds. The number of ether oxygens (including phenoxy) is 1. The molecule has 0 spiro atoms. The molecule has 18 heavy (non-hydrogen) atoms. The van der Waals surface area contributed by atoms with Crippen molar-refractivity contribution in [3.63, 3.8) is 0 Å². The summed E-state index contributed by atoms with van der Waals surface area (Å²) in [5.74, 6) is 2.19. The van der Waals surface area contributed by atoms with Gasteiger partial charge in [0.1, 0.15) is 11.5 Å². The Hall–Kier alpha value is -2.04. The van der Waals surface area contributed by atoms with Gasteiger partial charge in [0.25, 0.3) is 5.89 Å². The van der Waals surface area contributed by atoms with Crippen molar-refractivity contribution < 1.29 is 14.4 Å². The highest BCUT2D eigenvalue weighted by Gasteiger charge is 2.25. The molecule has 1 aliphatic carbocycles. The molecule has 0 bridgehead atoms. The molecule has 1 N–H and O–H groups in total. The minimum Gasteiger partial charge on any atom is -0.507 e. The molecule has 5 nitrogen and oxygen atoms in total. The molecule has 0 saturated heterocycles. The fourth-order valence-electron chi connectivity index (χ4n) is 2.00. The van der Waals surface area contributed by atoms with Crippen LogP contribution in [0.3, 0.4) is 0 Å². The molecule has 3 rings (SSSR count). The first-order chi connectivity index (χ1) is 8.78. The Labute approximate surface area is 104 Å². The summed E-state index contributed by atoms with van der Waals surface area (Å²) in [4.78, 5) is 4.34. The normalized spacial score (nSPS) is 15.4. The van der Waals surface area contributed by atoms with Crippen molar-refractivity contribution in [1.82, 2.24) is 10.1 Å². The highest BCUT2D eigenvalue weighted by molar-refractivity contribution is 5.63. The van der Waals surface area contributed by atoms with E-state index in [1.165, 1.54) is 12.5 Å². The standard InChI is InChI=1S/C13H14N2O3/c1-17-9-5-6-10(11(16)7-9)13-14-12(15-18-13)8-3-2-4-8/h5-8,16H,2-4H2,1H3. The first-order valence-electron chi connectivity index (χ1n) is 5.99. The zero-order valence-electron chi connectivity index (χ0n) is 10.1. The van der Waals surface area contributed by atoms with E-state index in [0.29, 0.717) is 23.1 Å². The third-order valence-corrected chi connectivity index (χ3v) is 3.35. The van der Waals surface area contributed by atoms with E-state index < -0.39 is 0 Å². The van der Waals surface area contributed by atoms with Crippen LogP contribution in [0, 0.1) is 0 Å². The molecule has 5 heteroatoms. The predicted molar refractivity (Wildman–Crippen MR) is 64.5 cm³/mol. The van der Waals surface area contributed by atoms with E-state index in [0.717, 1.165) is 18.7 Å². The summed E-state index contributed by atoms with van der Waals surface area (Å²) in [6.45, 7) is 0. The number of benzene rings is 1. The van der Waals surface area contributed by atoms with Crippen molar-refractivity contribution in [2.75, 3.05) is 7.11 Å². The Morgan fingerprint density at radius 1 is 1.39 bits per heavy atom. The first kappa shape index (κ1) is 11.1. The number of hydrogen-bond donors (Lipinski definition) is 1. The van der Waals surface area contributed by atoms with Gasteiger partial charge >= 0.3 is 0 Å². The summed E-state index contributed by atoms with van der Waals surface area (Å²) in [5.41, 5.74) is 0.536. The average molecular weight is 246 g/mol. The minimum atomic E-state index is 0.0816. The molecule has 1 aromatic carbocycles. The molecule has 1 aliphatic rings. The van der Waals surface area contributed by atoms with Gasteiger partial charge < -0.3 is 14.4 Å². The van der Waals surface area contributed by atoms with Crippen molar-refractivity contribution in [2.45, 2.75) is 25.2 Å². The van der Waals surface area contributed by atoms with E-state index in [2.05, 4.69) is 10.1 Å². The molecule has 94 valence electrons. The lowest BCUT2D eigenvalue weighted by atomic mass is 9.85. The predicted octanol–water partition coefficient (Wildman–Crippen LogP) is 2.72. The van der Waals surface area contributed by atoms with Crippen molar-refractivity contribution in [3.8, 4) is 23.0 Å². The number of aromatic nitrogens is 2. The van der Waals surface area contributed by atoms with Crippen molar-refractivity contribution in [2.24, 2.45) is 0 Å². The van der Waals surface area contributed by atoms with Crippen LogP contribution in [0.1, 0.15) is 31.0 Å². The third-order valence-electron chi connectivity index (χ3n) is 3.35. The zero-order valence-corrected chi connectivity index (χ0v) is 10.1. The zero-order chi connectivity index (χ0) is 12.5. The van der Waals surface area contributed by atoms with Gasteiger partial charge in [-0.2, -0.15) is 4.98 Å². The van der Waals surface area contributed by atoms with Gasteiger partial charge in [-0.05, 0) is 25.0 Å². The first-order valence-corrected chi connectivity index (χ1v) is 5.99. The molecular formula is C13H14N2O3. The lowest BCUT2D eigenvalue weighted by Crippen LogP contribution is -2.10. The number of nitrogens with zero attached hydrogens (tertiary/aromatic N) is 2. The number of phenolic OH excluding ortho intramolecular Hbond substituents is 1. The van der Waals surface area contributed by atoms with Crippen molar-refractivity contribution >= 4 is 0 Å². The van der Waals surface area contributed by atoms with E-state index >= 15 is 0 Å². The summed E-state index contributed by atoms with van der Waals surface area (Å²) < 4.78 is 10.2. The number of hydrogen-bond acceptors (Lipinski definition) is 5. The van der Waals surface area contributed by atoms with Gasteiger partial charge in [-0.3, -0.25) is 0 Å². The second kappa shape index (κ2) is 4.33. The van der Waals surface area contributed by atoms with E-state index in [4.69, 9.17) is 9.26 Å². The molecule has 0 radical (unpaired) electrons. The quantitative estimate of drug-likeness (QED) is 0.901. The van der Waals surface area contributed by atoms with Crippen molar-refractivity contribution in [1.29, 1.82) is 0 Å². The minimum absolute atomic E-state index is 0.0816. The number of phenols is 1. The Bertz CT molecular complexity index is 561. The van der Waals surface area contributed by atoms with Gasteiger partial charge in [0, 0.05) is 12.0 Å². The van der Waals surface area contributed by atoms with Gasteiger partial charge in [0.05, 0.1) is 12.7 Å². The maximum atomic E-state index is 9.89. The second-order valence-corrected chi connectivity index (χ2v) is 4.47. The van der Waals surface area contributed by atoms with Crippen molar-refractivity contribution in [3.05, 3.63) is 24.0 Å². The van der Waals surface area contributed by atoms with Gasteiger partial charge in [-0.1, -0.05) is 11.6 Å². The lowest BCUT2D eigenvalue weighted by Gasteiger charge is -2.20. The monoisotopic (exact) mass is 246 g/mol. The van der Waals surface area contributed by atoms with E-state index in [1.54, 1.807) is 19.2 Å². The van der Waals surface area contributed by atoms with Crippen LogP contribution in [-0.2, 0) is 0 Å². The third kappa shape index (κ3) is 1.81. The van der Waals surface area contributed by atoms with Gasteiger partial charge in [-0.25, -0.2) is 0 Å². The number of rotatable bonds is 3. The molecule has 1 heterocycles. The van der Waals surface area contributed by atoms with Crippen LogP contribution >= 0.6 is 0 Å². The molecule has 2 aromatic rings. The molecule has 1 aromatic heterocycles. The Morgan fingerprint density at radius 2 is 2.22 bits per heavy atom. The molecule has 0 atom stereocenters. The highest BCUT2D eigenvalue weighted by atomic mass is 16.5. The average Bonchev–Trinajstić information content (AvgIpc) is 2.75. The van der Waals surface area contributed by atoms with Gasteiger partial charge in [-0.15, -0.1) is 0 Å². The van der Waals surface area contributed by atoms with Gasteiger partial charge in [0.2, 0.25) is 0 Å². The fourth-order valence-corrected chi connectivity index (χ4v) is 2.00. The lowest BCUT2D eigenvalue weighted by molar-refractivity contribution is 0.365. The highest BCUT2D eigenvalue weighted by Crippen LogP contribution is 2.37. The molecule has 1 saturated carbocycles. The fraction of sp³-hybridized carbons (Fsp3) is 0.385. The SMILES string of the molecule is COc1ccc(-c2nc(C3CCC3)no2)c(O)c1. The number of methoxy groups -OCH3 is 1. The van der Waals surface area contributed by atoms with E-state index in [-0.39, 0.29) is 5.75 Å². The maximum absolute atomic E-state index is 9.89. The van der Waals surface area contributed by atoms with Crippen LogP contribution in [0.2, 0.25) is 0 Å². The summed E-state index contributed by atoms with van der Waals surface area (Å²) in [6.07, 6.45) is 3.46. The van der Waals surface area contributed by atoms with Crippen LogP contribution in [0.5, 0.6) is 11.5 Å². The molecule has 0 aliphatic heterocycles. The molecule has 1 fully saturated rings.